The third-order valence-corrected chi connectivity index (χ3v) is 6.18. The van der Waals surface area contributed by atoms with Gasteiger partial charge in [-0.2, -0.15) is 0 Å². The number of fused-ring (bicyclic) bond motifs is 4. The van der Waals surface area contributed by atoms with E-state index in [1.807, 2.05) is 32.9 Å². The summed E-state index contributed by atoms with van der Waals surface area (Å²) in [5.41, 5.74) is 2.38. The van der Waals surface area contributed by atoms with Gasteiger partial charge in [0.2, 0.25) is 17.7 Å². The van der Waals surface area contributed by atoms with Gasteiger partial charge in [0.15, 0.2) is 0 Å². The number of carbonyl (C=O) groups is 3. The molecule has 3 amide bonds. The van der Waals surface area contributed by atoms with Crippen LogP contribution in [0.3, 0.4) is 0 Å². The van der Waals surface area contributed by atoms with Gasteiger partial charge in [-0.15, -0.1) is 0 Å². The second-order valence-electron chi connectivity index (χ2n) is 7.45. The number of carbonyl (C=O) groups excluding carboxylic acids is 3. The van der Waals surface area contributed by atoms with E-state index in [0.29, 0.717) is 0 Å². The van der Waals surface area contributed by atoms with Crippen molar-refractivity contribution >= 4 is 23.4 Å². The summed E-state index contributed by atoms with van der Waals surface area (Å²) in [7, 11) is 1.53. The van der Waals surface area contributed by atoms with Gasteiger partial charge < -0.3 is 10.1 Å². The smallest absolute Gasteiger partial charge is 0.250 e. The molecule has 3 aliphatic heterocycles. The number of anilines is 1. The molecule has 4 atom stereocenters. The minimum atomic E-state index is -1.19. The van der Waals surface area contributed by atoms with Gasteiger partial charge in [0.25, 0.3) is 0 Å². The molecule has 3 aliphatic rings. The summed E-state index contributed by atoms with van der Waals surface area (Å²) >= 11 is 0. The van der Waals surface area contributed by atoms with Crippen molar-refractivity contribution in [1.29, 1.82) is 0 Å². The van der Waals surface area contributed by atoms with Gasteiger partial charge in [0.1, 0.15) is 5.54 Å². The van der Waals surface area contributed by atoms with Gasteiger partial charge >= 0.3 is 0 Å². The van der Waals surface area contributed by atoms with Crippen LogP contribution in [0.15, 0.2) is 12.1 Å². The molecular formula is C19H23N3O4. The molecule has 1 spiro atoms. The molecule has 0 aliphatic carbocycles. The summed E-state index contributed by atoms with van der Waals surface area (Å²) in [6.45, 7) is 6.30. The molecule has 2 saturated heterocycles. The summed E-state index contributed by atoms with van der Waals surface area (Å²) in [5.74, 6) is -2.05. The van der Waals surface area contributed by atoms with Crippen LogP contribution >= 0.6 is 0 Å². The Hall–Kier alpha value is -2.25. The van der Waals surface area contributed by atoms with Crippen molar-refractivity contribution in [3.05, 3.63) is 28.8 Å². The zero-order valence-corrected chi connectivity index (χ0v) is 15.4. The molecule has 1 aromatic carbocycles. The van der Waals surface area contributed by atoms with Crippen molar-refractivity contribution in [2.45, 2.75) is 32.4 Å². The van der Waals surface area contributed by atoms with Crippen molar-refractivity contribution in [3.8, 4) is 0 Å². The first-order chi connectivity index (χ1) is 12.3. The van der Waals surface area contributed by atoms with Crippen LogP contribution in [-0.2, 0) is 24.7 Å². The average molecular weight is 357 g/mol. The molecule has 0 unspecified atom stereocenters. The number of nitrogens with zero attached hydrogens (tertiary/aromatic N) is 1. The molecule has 138 valence electrons. The summed E-state index contributed by atoms with van der Waals surface area (Å²) in [4.78, 5) is 40.4. The highest BCUT2D eigenvalue weighted by atomic mass is 16.5. The molecule has 2 fully saturated rings. The molecule has 7 nitrogen and oxygen atoms in total. The largest absolute Gasteiger partial charge is 0.383 e. The lowest BCUT2D eigenvalue weighted by Gasteiger charge is -2.29. The van der Waals surface area contributed by atoms with E-state index in [1.54, 1.807) is 0 Å². The second kappa shape index (κ2) is 5.62. The highest BCUT2D eigenvalue weighted by molar-refractivity contribution is 6.15. The number of likely N-dealkylation sites (tertiary alicyclic amines) is 1. The molecule has 1 aromatic rings. The molecule has 0 saturated carbocycles. The maximum Gasteiger partial charge on any atom is 0.250 e. The maximum absolute atomic E-state index is 13.1. The number of benzene rings is 1. The SMILES string of the molecule is COCCN1C(=O)[C@H]2[C@@H](C1=O)[C@@]1(N[C@@H]2C)C(=O)Nc2c1ccc(C)c2C. The highest BCUT2D eigenvalue weighted by Gasteiger charge is 2.69. The fraction of sp³-hybridized carbons (Fsp3) is 0.526. The second-order valence-corrected chi connectivity index (χ2v) is 7.45. The third-order valence-electron chi connectivity index (χ3n) is 6.18. The highest BCUT2D eigenvalue weighted by Crippen LogP contribution is 2.53. The topological polar surface area (TPSA) is 87.7 Å². The van der Waals surface area contributed by atoms with E-state index in [0.717, 1.165) is 22.4 Å². The number of methoxy groups -OCH3 is 1. The van der Waals surface area contributed by atoms with Crippen molar-refractivity contribution in [2.24, 2.45) is 11.8 Å². The molecule has 0 aromatic heterocycles. The van der Waals surface area contributed by atoms with E-state index in [-0.39, 0.29) is 36.9 Å². The Morgan fingerprint density at radius 2 is 1.92 bits per heavy atom. The number of amides is 3. The molecule has 2 N–H and O–H groups in total. The number of ether oxygens (including phenoxy) is 1. The Morgan fingerprint density at radius 1 is 1.19 bits per heavy atom. The normalized spacial score (nSPS) is 32.4. The van der Waals surface area contributed by atoms with Gasteiger partial charge in [-0.25, -0.2) is 0 Å². The summed E-state index contributed by atoms with van der Waals surface area (Å²) in [6.07, 6.45) is 0. The van der Waals surface area contributed by atoms with E-state index in [9.17, 15) is 14.4 Å². The number of imide groups is 1. The number of nitrogens with one attached hydrogen (secondary N) is 2. The van der Waals surface area contributed by atoms with Crippen LogP contribution in [0, 0.1) is 25.7 Å². The van der Waals surface area contributed by atoms with Gasteiger partial charge in [0.05, 0.1) is 25.0 Å². The maximum atomic E-state index is 13.1. The standard InChI is InChI=1S/C19H23N3O4/c1-9-5-6-12-15(10(9)2)20-18(25)19(12)14-13(11(3)21-19)16(23)22(17(14)24)7-8-26-4/h5-6,11,13-14,21H,7-8H2,1-4H3,(H,20,25)/t11-,13-,14+,19-/m1/s1. The Balaban J connectivity index is 1.85. The molecule has 0 radical (unpaired) electrons. The monoisotopic (exact) mass is 357 g/mol. The fourth-order valence-electron chi connectivity index (χ4n) is 4.74. The predicted molar refractivity (Wildman–Crippen MR) is 94.4 cm³/mol. The first-order valence-corrected chi connectivity index (χ1v) is 8.88. The zero-order chi connectivity index (χ0) is 18.8. The van der Waals surface area contributed by atoms with Crippen molar-refractivity contribution in [1.82, 2.24) is 10.2 Å². The number of hydrogen-bond acceptors (Lipinski definition) is 5. The fourth-order valence-corrected chi connectivity index (χ4v) is 4.74. The Labute approximate surface area is 152 Å². The van der Waals surface area contributed by atoms with Gasteiger partial charge in [-0.1, -0.05) is 12.1 Å². The summed E-state index contributed by atoms with van der Waals surface area (Å²) in [5, 5.41) is 6.27. The molecule has 26 heavy (non-hydrogen) atoms. The van der Waals surface area contributed by atoms with Crippen molar-refractivity contribution in [2.75, 3.05) is 25.6 Å². The number of rotatable bonds is 3. The molecular weight excluding hydrogens is 334 g/mol. The Kier molecular flexibility index (Phi) is 3.71. The van der Waals surface area contributed by atoms with Crippen LogP contribution in [0.5, 0.6) is 0 Å². The van der Waals surface area contributed by atoms with Crippen molar-refractivity contribution in [3.63, 3.8) is 0 Å². The molecule has 0 bridgehead atoms. The van der Waals surface area contributed by atoms with Crippen LogP contribution in [0.2, 0.25) is 0 Å². The molecule has 4 rings (SSSR count). The minimum absolute atomic E-state index is 0.214. The van der Waals surface area contributed by atoms with Crippen LogP contribution in [-0.4, -0.2) is 48.9 Å². The van der Waals surface area contributed by atoms with E-state index in [4.69, 9.17) is 4.74 Å². The Morgan fingerprint density at radius 3 is 2.62 bits per heavy atom. The zero-order valence-electron chi connectivity index (χ0n) is 15.4. The van der Waals surface area contributed by atoms with Crippen LogP contribution in [0.1, 0.15) is 23.6 Å². The van der Waals surface area contributed by atoms with E-state index in [1.165, 1.54) is 12.0 Å². The first kappa shape index (κ1) is 17.2. The quantitative estimate of drug-likeness (QED) is 0.777. The van der Waals surface area contributed by atoms with Gasteiger partial charge in [-0.3, -0.25) is 24.6 Å². The predicted octanol–water partition coefficient (Wildman–Crippen LogP) is 0.690. The van der Waals surface area contributed by atoms with E-state index >= 15 is 0 Å². The van der Waals surface area contributed by atoms with Crippen molar-refractivity contribution < 1.29 is 19.1 Å². The lowest BCUT2D eigenvalue weighted by Crippen LogP contribution is -2.53. The molecule has 3 heterocycles. The lowest BCUT2D eigenvalue weighted by molar-refractivity contribution is -0.143. The van der Waals surface area contributed by atoms with E-state index < -0.39 is 17.4 Å². The average Bonchev–Trinajstić information content (AvgIpc) is 3.16. The number of aryl methyl sites for hydroxylation is 1. The number of hydrogen-bond donors (Lipinski definition) is 2. The van der Waals surface area contributed by atoms with E-state index in [2.05, 4.69) is 10.6 Å². The Bertz CT molecular complexity index is 836. The summed E-state index contributed by atoms with van der Waals surface area (Å²) in [6, 6.07) is 3.58. The minimum Gasteiger partial charge on any atom is -0.383 e. The van der Waals surface area contributed by atoms with Gasteiger partial charge in [-0.05, 0) is 31.9 Å². The third kappa shape index (κ3) is 1.92. The van der Waals surface area contributed by atoms with Crippen LogP contribution in [0.4, 0.5) is 5.69 Å². The van der Waals surface area contributed by atoms with Gasteiger partial charge in [0, 0.05) is 24.4 Å². The first-order valence-electron chi connectivity index (χ1n) is 8.88. The lowest BCUT2D eigenvalue weighted by atomic mass is 9.76. The van der Waals surface area contributed by atoms with Crippen LogP contribution in [0.25, 0.3) is 0 Å². The van der Waals surface area contributed by atoms with Crippen LogP contribution < -0.4 is 10.6 Å². The molecule has 7 heteroatoms. The summed E-state index contributed by atoms with van der Waals surface area (Å²) < 4.78 is 5.03.